The Labute approximate surface area is 101 Å². The highest BCUT2D eigenvalue weighted by Gasteiger charge is 2.09. The molecule has 82 valence electrons. The van der Waals surface area contributed by atoms with E-state index in [1.807, 2.05) is 6.92 Å². The Hall–Kier alpha value is -1.53. The van der Waals surface area contributed by atoms with Crippen LogP contribution < -0.4 is 5.32 Å². The Bertz CT molecular complexity index is 514. The van der Waals surface area contributed by atoms with Crippen molar-refractivity contribution in [1.82, 2.24) is 14.6 Å². The third kappa shape index (κ3) is 2.34. The van der Waals surface area contributed by atoms with Crippen molar-refractivity contribution in [3.05, 3.63) is 34.1 Å². The summed E-state index contributed by atoms with van der Waals surface area (Å²) in [5.74, 6) is -0.308. The molecular formula is C9H7ClN4OS. The molecule has 0 aliphatic heterocycles. The van der Waals surface area contributed by atoms with Gasteiger partial charge in [-0.3, -0.25) is 4.79 Å². The fraction of sp³-hybridized carbons (Fsp3) is 0.111. The van der Waals surface area contributed by atoms with Crippen LogP contribution >= 0.6 is 23.1 Å². The van der Waals surface area contributed by atoms with E-state index in [0.29, 0.717) is 10.8 Å². The van der Waals surface area contributed by atoms with Crippen LogP contribution in [-0.2, 0) is 0 Å². The maximum absolute atomic E-state index is 11.6. The summed E-state index contributed by atoms with van der Waals surface area (Å²) in [6, 6.07) is 1.74. The van der Waals surface area contributed by atoms with Gasteiger partial charge in [0.2, 0.25) is 0 Å². The number of rotatable bonds is 2. The summed E-state index contributed by atoms with van der Waals surface area (Å²) >= 11 is 6.90. The number of pyridine rings is 1. The van der Waals surface area contributed by atoms with Crippen LogP contribution in [0.15, 0.2) is 17.6 Å². The summed E-state index contributed by atoms with van der Waals surface area (Å²) in [6.07, 6.45) is 1.49. The summed E-state index contributed by atoms with van der Waals surface area (Å²) in [5, 5.41) is 8.32. The number of hydrogen-bond donors (Lipinski definition) is 1. The Morgan fingerprint density at radius 2 is 2.38 bits per heavy atom. The van der Waals surface area contributed by atoms with Gasteiger partial charge >= 0.3 is 0 Å². The lowest BCUT2D eigenvalue weighted by Crippen LogP contribution is -2.12. The highest BCUT2D eigenvalue weighted by atomic mass is 35.5. The highest BCUT2D eigenvalue weighted by Crippen LogP contribution is 2.16. The summed E-state index contributed by atoms with van der Waals surface area (Å²) in [6.45, 7) is 1.81. The first-order valence-corrected chi connectivity index (χ1v) is 5.59. The standard InChI is InChI=1S/C9H7ClN4OS/c1-5-2-6(3-11-8(5)10)12-9(15)7-4-16-14-13-7/h2-4H,1H3,(H,12,15). The van der Waals surface area contributed by atoms with Crippen LogP contribution in [0.5, 0.6) is 0 Å². The number of halogens is 1. The van der Waals surface area contributed by atoms with Gasteiger partial charge in [-0.05, 0) is 30.1 Å². The number of nitrogens with zero attached hydrogens (tertiary/aromatic N) is 3. The van der Waals surface area contributed by atoms with E-state index in [-0.39, 0.29) is 11.6 Å². The minimum absolute atomic E-state index is 0.289. The predicted octanol–water partition coefficient (Wildman–Crippen LogP) is 2.15. The lowest BCUT2D eigenvalue weighted by atomic mass is 10.3. The van der Waals surface area contributed by atoms with E-state index in [9.17, 15) is 4.79 Å². The van der Waals surface area contributed by atoms with Crippen LogP contribution in [0.3, 0.4) is 0 Å². The van der Waals surface area contributed by atoms with Crippen LogP contribution in [0.1, 0.15) is 16.1 Å². The van der Waals surface area contributed by atoms with Gasteiger partial charge < -0.3 is 5.32 Å². The average molecular weight is 255 g/mol. The third-order valence-electron chi connectivity index (χ3n) is 1.86. The summed E-state index contributed by atoms with van der Waals surface area (Å²) in [4.78, 5) is 15.5. The fourth-order valence-corrected chi connectivity index (χ4v) is 1.62. The van der Waals surface area contributed by atoms with Crippen LogP contribution in [-0.4, -0.2) is 20.5 Å². The first-order chi connectivity index (χ1) is 7.66. The van der Waals surface area contributed by atoms with Gasteiger partial charge in [0.25, 0.3) is 5.91 Å². The van der Waals surface area contributed by atoms with Gasteiger partial charge in [-0.2, -0.15) is 0 Å². The van der Waals surface area contributed by atoms with Crippen molar-refractivity contribution in [3.63, 3.8) is 0 Å². The lowest BCUT2D eigenvalue weighted by molar-refractivity contribution is 0.102. The minimum atomic E-state index is -0.308. The summed E-state index contributed by atoms with van der Waals surface area (Å²) in [5.41, 5.74) is 1.67. The molecule has 5 nitrogen and oxygen atoms in total. The van der Waals surface area contributed by atoms with E-state index in [2.05, 4.69) is 19.9 Å². The van der Waals surface area contributed by atoms with Gasteiger partial charge in [0.15, 0.2) is 5.69 Å². The molecule has 0 saturated heterocycles. The molecule has 0 aliphatic rings. The van der Waals surface area contributed by atoms with E-state index < -0.39 is 0 Å². The van der Waals surface area contributed by atoms with Crippen molar-refractivity contribution in [2.45, 2.75) is 6.92 Å². The fourth-order valence-electron chi connectivity index (χ4n) is 1.09. The van der Waals surface area contributed by atoms with Crippen LogP contribution in [0.2, 0.25) is 5.15 Å². The molecule has 0 aliphatic carbocycles. The number of carbonyl (C=O) groups is 1. The molecule has 0 saturated carbocycles. The predicted molar refractivity (Wildman–Crippen MR) is 61.8 cm³/mol. The Morgan fingerprint density at radius 3 is 3.00 bits per heavy atom. The molecule has 0 bridgehead atoms. The molecule has 2 heterocycles. The molecule has 2 aromatic rings. The number of aryl methyl sites for hydroxylation is 1. The zero-order valence-corrected chi connectivity index (χ0v) is 9.84. The minimum Gasteiger partial charge on any atom is -0.319 e. The molecular weight excluding hydrogens is 248 g/mol. The van der Waals surface area contributed by atoms with Gasteiger partial charge in [-0.25, -0.2) is 4.98 Å². The second-order valence-electron chi connectivity index (χ2n) is 3.08. The quantitative estimate of drug-likeness (QED) is 0.834. The van der Waals surface area contributed by atoms with Crippen molar-refractivity contribution in [2.24, 2.45) is 0 Å². The largest absolute Gasteiger partial charge is 0.319 e. The van der Waals surface area contributed by atoms with Gasteiger partial charge in [0, 0.05) is 5.38 Å². The van der Waals surface area contributed by atoms with Crippen molar-refractivity contribution in [2.75, 3.05) is 5.32 Å². The van der Waals surface area contributed by atoms with Crippen molar-refractivity contribution in [1.29, 1.82) is 0 Å². The number of anilines is 1. The van der Waals surface area contributed by atoms with Crippen molar-refractivity contribution in [3.8, 4) is 0 Å². The number of amides is 1. The second kappa shape index (κ2) is 4.54. The molecule has 0 fully saturated rings. The van der Waals surface area contributed by atoms with E-state index >= 15 is 0 Å². The zero-order valence-electron chi connectivity index (χ0n) is 8.27. The van der Waals surface area contributed by atoms with Crippen LogP contribution in [0.4, 0.5) is 5.69 Å². The monoisotopic (exact) mass is 254 g/mol. The second-order valence-corrected chi connectivity index (χ2v) is 4.04. The van der Waals surface area contributed by atoms with Crippen molar-refractivity contribution < 1.29 is 4.79 Å². The average Bonchev–Trinajstić information content (AvgIpc) is 2.77. The van der Waals surface area contributed by atoms with Gasteiger partial charge in [0.05, 0.1) is 11.9 Å². The molecule has 1 N–H and O–H groups in total. The molecule has 1 amide bonds. The molecule has 0 radical (unpaired) electrons. The first kappa shape index (κ1) is 11.0. The molecule has 0 unspecified atom stereocenters. The summed E-state index contributed by atoms with van der Waals surface area (Å²) in [7, 11) is 0. The van der Waals surface area contributed by atoms with Crippen LogP contribution in [0, 0.1) is 6.92 Å². The zero-order chi connectivity index (χ0) is 11.5. The lowest BCUT2D eigenvalue weighted by Gasteiger charge is -2.04. The molecule has 0 aromatic carbocycles. The van der Waals surface area contributed by atoms with Gasteiger partial charge in [0.1, 0.15) is 5.15 Å². The van der Waals surface area contributed by atoms with E-state index in [0.717, 1.165) is 17.1 Å². The smallest absolute Gasteiger partial charge is 0.277 e. The maximum atomic E-state index is 11.6. The van der Waals surface area contributed by atoms with Crippen molar-refractivity contribution >= 4 is 34.7 Å². The third-order valence-corrected chi connectivity index (χ3v) is 2.77. The van der Waals surface area contributed by atoms with Gasteiger partial charge in [-0.15, -0.1) is 5.10 Å². The topological polar surface area (TPSA) is 67.8 Å². The van der Waals surface area contributed by atoms with Crippen LogP contribution in [0.25, 0.3) is 0 Å². The molecule has 2 aromatic heterocycles. The first-order valence-electron chi connectivity index (χ1n) is 4.37. The van der Waals surface area contributed by atoms with E-state index in [1.165, 1.54) is 6.20 Å². The Balaban J connectivity index is 2.15. The number of carbonyl (C=O) groups excluding carboxylic acids is 1. The van der Waals surface area contributed by atoms with E-state index in [4.69, 9.17) is 11.6 Å². The Kier molecular flexibility index (Phi) is 3.12. The SMILES string of the molecule is Cc1cc(NC(=O)c2csnn2)cnc1Cl. The van der Waals surface area contributed by atoms with Gasteiger partial charge in [-0.1, -0.05) is 16.1 Å². The highest BCUT2D eigenvalue weighted by molar-refractivity contribution is 7.03. The molecule has 2 rings (SSSR count). The number of hydrogen-bond acceptors (Lipinski definition) is 5. The molecule has 16 heavy (non-hydrogen) atoms. The molecule has 0 spiro atoms. The van der Waals surface area contributed by atoms with E-state index in [1.54, 1.807) is 11.4 Å². The normalized spacial score (nSPS) is 10.1. The Morgan fingerprint density at radius 1 is 1.56 bits per heavy atom. The molecule has 0 atom stereocenters. The summed E-state index contributed by atoms with van der Waals surface area (Å²) < 4.78 is 3.61. The maximum Gasteiger partial charge on any atom is 0.277 e. The number of aromatic nitrogens is 3. The number of nitrogens with one attached hydrogen (secondary N) is 1. The molecule has 7 heteroatoms.